The number of methoxy groups -OCH3 is 1. The SMILES string of the molecule is COc1cccc(C(=O)NCC(c2ccsc2)N2CCCC2)c1. The molecular weight excluding hydrogens is 308 g/mol. The number of carbonyl (C=O) groups excluding carboxylic acids is 1. The van der Waals surface area contributed by atoms with E-state index in [4.69, 9.17) is 4.74 Å². The number of thiophene rings is 1. The monoisotopic (exact) mass is 330 g/mol. The van der Waals surface area contributed by atoms with Gasteiger partial charge in [0.15, 0.2) is 0 Å². The average Bonchev–Trinajstić information content (AvgIpc) is 3.29. The Hall–Kier alpha value is -1.85. The highest BCUT2D eigenvalue weighted by atomic mass is 32.1. The van der Waals surface area contributed by atoms with Crippen molar-refractivity contribution in [2.24, 2.45) is 0 Å². The van der Waals surface area contributed by atoms with Crippen LogP contribution in [0, 0.1) is 0 Å². The Morgan fingerprint density at radius 3 is 2.87 bits per heavy atom. The van der Waals surface area contributed by atoms with Crippen molar-refractivity contribution in [3.05, 3.63) is 52.2 Å². The first kappa shape index (κ1) is 16.0. The molecular formula is C18H22N2O2S. The summed E-state index contributed by atoms with van der Waals surface area (Å²) in [5.41, 5.74) is 1.93. The second-order valence-electron chi connectivity index (χ2n) is 5.76. The fraction of sp³-hybridized carbons (Fsp3) is 0.389. The van der Waals surface area contributed by atoms with E-state index >= 15 is 0 Å². The van der Waals surface area contributed by atoms with Crippen molar-refractivity contribution in [3.63, 3.8) is 0 Å². The summed E-state index contributed by atoms with van der Waals surface area (Å²) in [6.45, 7) is 2.85. The Bertz CT molecular complexity index is 636. The third-order valence-corrected chi connectivity index (χ3v) is 5.00. The van der Waals surface area contributed by atoms with Gasteiger partial charge in [0, 0.05) is 12.1 Å². The molecule has 2 aromatic rings. The molecule has 23 heavy (non-hydrogen) atoms. The molecule has 1 fully saturated rings. The summed E-state index contributed by atoms with van der Waals surface area (Å²) in [6, 6.07) is 9.68. The largest absolute Gasteiger partial charge is 0.497 e. The van der Waals surface area contributed by atoms with Crippen molar-refractivity contribution in [1.29, 1.82) is 0 Å². The number of hydrogen-bond acceptors (Lipinski definition) is 4. The molecule has 5 heteroatoms. The lowest BCUT2D eigenvalue weighted by Gasteiger charge is -2.27. The first-order valence-electron chi connectivity index (χ1n) is 7.96. The lowest BCUT2D eigenvalue weighted by molar-refractivity contribution is 0.0937. The molecule has 1 atom stereocenters. The van der Waals surface area contributed by atoms with Crippen LogP contribution in [0.5, 0.6) is 5.75 Å². The van der Waals surface area contributed by atoms with Gasteiger partial charge in [-0.2, -0.15) is 11.3 Å². The first-order valence-corrected chi connectivity index (χ1v) is 8.90. The lowest BCUT2D eigenvalue weighted by atomic mass is 10.1. The molecule has 4 nitrogen and oxygen atoms in total. The molecule has 1 aliphatic heterocycles. The van der Waals surface area contributed by atoms with E-state index < -0.39 is 0 Å². The minimum atomic E-state index is -0.0525. The van der Waals surface area contributed by atoms with Crippen LogP contribution in [0.1, 0.15) is 34.8 Å². The second kappa shape index (κ2) is 7.62. The van der Waals surface area contributed by atoms with E-state index in [1.165, 1.54) is 18.4 Å². The van der Waals surface area contributed by atoms with Gasteiger partial charge in [0.1, 0.15) is 5.75 Å². The summed E-state index contributed by atoms with van der Waals surface area (Å²) < 4.78 is 5.18. The van der Waals surface area contributed by atoms with Crippen LogP contribution in [0.25, 0.3) is 0 Å². The van der Waals surface area contributed by atoms with E-state index in [-0.39, 0.29) is 11.9 Å². The van der Waals surface area contributed by atoms with Gasteiger partial charge in [-0.1, -0.05) is 6.07 Å². The standard InChI is InChI=1S/C18H22N2O2S/c1-22-16-6-4-5-14(11-16)18(21)19-12-17(15-7-10-23-13-15)20-8-2-3-9-20/h4-7,10-11,13,17H,2-3,8-9,12H2,1H3,(H,19,21). The summed E-state index contributed by atoms with van der Waals surface area (Å²) in [4.78, 5) is 14.9. The van der Waals surface area contributed by atoms with Gasteiger partial charge in [-0.05, 0) is 66.5 Å². The van der Waals surface area contributed by atoms with Crippen LogP contribution in [0.4, 0.5) is 0 Å². The zero-order valence-corrected chi connectivity index (χ0v) is 14.1. The van der Waals surface area contributed by atoms with Crippen LogP contribution in [-0.4, -0.2) is 37.6 Å². The fourth-order valence-electron chi connectivity index (χ4n) is 3.03. The molecule has 122 valence electrons. The molecule has 1 aromatic heterocycles. The number of ether oxygens (including phenoxy) is 1. The molecule has 3 rings (SSSR count). The number of nitrogens with zero attached hydrogens (tertiary/aromatic N) is 1. The number of hydrogen-bond donors (Lipinski definition) is 1. The Kier molecular flexibility index (Phi) is 5.31. The minimum Gasteiger partial charge on any atom is -0.497 e. The molecule has 0 bridgehead atoms. The predicted octanol–water partition coefficient (Wildman–Crippen LogP) is 3.32. The van der Waals surface area contributed by atoms with Crippen molar-refractivity contribution < 1.29 is 9.53 Å². The van der Waals surface area contributed by atoms with Gasteiger partial charge in [-0.3, -0.25) is 9.69 Å². The molecule has 1 amide bonds. The maximum atomic E-state index is 12.4. The second-order valence-corrected chi connectivity index (χ2v) is 6.54. The normalized spacial score (nSPS) is 16.2. The first-order chi connectivity index (χ1) is 11.3. The van der Waals surface area contributed by atoms with Crippen molar-refractivity contribution in [2.45, 2.75) is 18.9 Å². The van der Waals surface area contributed by atoms with Gasteiger partial charge in [0.05, 0.1) is 13.2 Å². The molecule has 0 radical (unpaired) electrons. The van der Waals surface area contributed by atoms with E-state index in [1.807, 2.05) is 18.2 Å². The predicted molar refractivity (Wildman–Crippen MR) is 93.2 cm³/mol. The van der Waals surface area contributed by atoms with Gasteiger partial charge in [0.25, 0.3) is 5.91 Å². The molecule has 0 saturated carbocycles. The van der Waals surface area contributed by atoms with Crippen LogP contribution in [0.2, 0.25) is 0 Å². The molecule has 1 N–H and O–H groups in total. The summed E-state index contributed by atoms with van der Waals surface area (Å²) in [5, 5.41) is 7.36. The molecule has 2 heterocycles. The maximum absolute atomic E-state index is 12.4. The zero-order valence-electron chi connectivity index (χ0n) is 13.3. The van der Waals surface area contributed by atoms with Gasteiger partial charge >= 0.3 is 0 Å². The summed E-state index contributed by atoms with van der Waals surface area (Å²) in [5.74, 6) is 0.648. The third kappa shape index (κ3) is 3.92. The zero-order chi connectivity index (χ0) is 16.1. The highest BCUT2D eigenvalue weighted by Gasteiger charge is 2.24. The summed E-state index contributed by atoms with van der Waals surface area (Å²) in [7, 11) is 1.61. The van der Waals surface area contributed by atoms with Crippen LogP contribution in [0.3, 0.4) is 0 Å². The number of nitrogens with one attached hydrogen (secondary N) is 1. The molecule has 1 aromatic carbocycles. The number of benzene rings is 1. The Morgan fingerprint density at radius 2 is 2.17 bits per heavy atom. The molecule has 1 unspecified atom stereocenters. The Balaban J connectivity index is 1.67. The number of rotatable bonds is 6. The van der Waals surface area contributed by atoms with Crippen LogP contribution >= 0.6 is 11.3 Å². The molecule has 1 aliphatic rings. The van der Waals surface area contributed by atoms with Crippen molar-refractivity contribution in [1.82, 2.24) is 10.2 Å². The van der Waals surface area contributed by atoms with E-state index in [9.17, 15) is 4.79 Å². The summed E-state index contributed by atoms with van der Waals surface area (Å²) >= 11 is 1.71. The van der Waals surface area contributed by atoms with Crippen LogP contribution in [0.15, 0.2) is 41.1 Å². The van der Waals surface area contributed by atoms with Crippen molar-refractivity contribution >= 4 is 17.2 Å². The van der Waals surface area contributed by atoms with E-state index in [1.54, 1.807) is 24.5 Å². The van der Waals surface area contributed by atoms with Crippen molar-refractivity contribution in [2.75, 3.05) is 26.7 Å². The third-order valence-electron chi connectivity index (χ3n) is 4.30. The van der Waals surface area contributed by atoms with Crippen LogP contribution in [-0.2, 0) is 0 Å². The smallest absolute Gasteiger partial charge is 0.251 e. The van der Waals surface area contributed by atoms with Gasteiger partial charge < -0.3 is 10.1 Å². The number of likely N-dealkylation sites (tertiary alicyclic amines) is 1. The molecule has 0 spiro atoms. The quantitative estimate of drug-likeness (QED) is 0.883. The van der Waals surface area contributed by atoms with Gasteiger partial charge in [0.2, 0.25) is 0 Å². The fourth-order valence-corrected chi connectivity index (χ4v) is 3.74. The average molecular weight is 330 g/mol. The van der Waals surface area contributed by atoms with Crippen molar-refractivity contribution in [3.8, 4) is 5.75 Å². The lowest BCUT2D eigenvalue weighted by Crippen LogP contribution is -2.36. The van der Waals surface area contributed by atoms with Gasteiger partial charge in [-0.25, -0.2) is 0 Å². The summed E-state index contributed by atoms with van der Waals surface area (Å²) in [6.07, 6.45) is 2.48. The number of carbonyl (C=O) groups is 1. The van der Waals surface area contributed by atoms with E-state index in [0.717, 1.165) is 13.1 Å². The van der Waals surface area contributed by atoms with E-state index in [0.29, 0.717) is 17.9 Å². The molecule has 0 aliphatic carbocycles. The Morgan fingerprint density at radius 1 is 1.35 bits per heavy atom. The Labute approximate surface area is 141 Å². The number of amides is 1. The topological polar surface area (TPSA) is 41.6 Å². The highest BCUT2D eigenvalue weighted by molar-refractivity contribution is 7.07. The van der Waals surface area contributed by atoms with Gasteiger partial charge in [-0.15, -0.1) is 0 Å². The highest BCUT2D eigenvalue weighted by Crippen LogP contribution is 2.26. The van der Waals surface area contributed by atoms with E-state index in [2.05, 4.69) is 27.0 Å². The maximum Gasteiger partial charge on any atom is 0.251 e. The molecule has 1 saturated heterocycles. The minimum absolute atomic E-state index is 0.0525. The van der Waals surface area contributed by atoms with Crippen LogP contribution < -0.4 is 10.1 Å².